The maximum absolute atomic E-state index is 9.08. The monoisotopic (exact) mass is 220 g/mol. The molecule has 0 saturated heterocycles. The van der Waals surface area contributed by atoms with Gasteiger partial charge in [0.1, 0.15) is 5.75 Å². The van der Waals surface area contributed by atoms with Crippen molar-refractivity contribution in [3.05, 3.63) is 23.8 Å². The first-order chi connectivity index (χ1) is 7.66. The molecule has 0 heterocycles. The lowest BCUT2D eigenvalue weighted by Crippen LogP contribution is -2.32. The SMILES string of the molecule is Cc1cc(OCC2CCC2)ccc1B(O)O. The van der Waals surface area contributed by atoms with Crippen LogP contribution in [0, 0.1) is 12.8 Å². The molecule has 1 aromatic rings. The number of ether oxygens (including phenoxy) is 1. The molecule has 4 heteroatoms. The highest BCUT2D eigenvalue weighted by Crippen LogP contribution is 2.27. The molecule has 0 atom stereocenters. The van der Waals surface area contributed by atoms with Crippen molar-refractivity contribution in [2.45, 2.75) is 26.2 Å². The molecule has 0 unspecified atom stereocenters. The lowest BCUT2D eigenvalue weighted by molar-refractivity contribution is 0.180. The molecule has 0 amide bonds. The predicted octanol–water partition coefficient (Wildman–Crippen LogP) is 0.854. The van der Waals surface area contributed by atoms with E-state index in [0.29, 0.717) is 11.4 Å². The van der Waals surface area contributed by atoms with Gasteiger partial charge in [0, 0.05) is 0 Å². The van der Waals surface area contributed by atoms with Gasteiger partial charge in [-0.3, -0.25) is 0 Å². The molecule has 0 radical (unpaired) electrons. The normalized spacial score (nSPS) is 15.7. The van der Waals surface area contributed by atoms with E-state index < -0.39 is 7.12 Å². The average molecular weight is 220 g/mol. The Balaban J connectivity index is 1.97. The minimum atomic E-state index is -1.40. The molecule has 1 saturated carbocycles. The van der Waals surface area contributed by atoms with Crippen LogP contribution in [0.3, 0.4) is 0 Å². The van der Waals surface area contributed by atoms with Crippen molar-refractivity contribution in [2.24, 2.45) is 5.92 Å². The summed E-state index contributed by atoms with van der Waals surface area (Å²) in [4.78, 5) is 0. The minimum absolute atomic E-state index is 0.538. The number of rotatable bonds is 4. The van der Waals surface area contributed by atoms with Crippen molar-refractivity contribution in [2.75, 3.05) is 6.61 Å². The first-order valence-electron chi connectivity index (χ1n) is 5.76. The van der Waals surface area contributed by atoms with Gasteiger partial charge in [-0.25, -0.2) is 0 Å². The Morgan fingerprint density at radius 1 is 1.38 bits per heavy atom. The number of aryl methyl sites for hydroxylation is 1. The number of hydrogen-bond donors (Lipinski definition) is 2. The van der Waals surface area contributed by atoms with Crippen molar-refractivity contribution >= 4 is 12.6 Å². The highest BCUT2D eigenvalue weighted by molar-refractivity contribution is 6.59. The summed E-state index contributed by atoms with van der Waals surface area (Å²) in [6.45, 7) is 2.63. The van der Waals surface area contributed by atoms with Gasteiger partial charge in [-0.2, -0.15) is 0 Å². The molecule has 2 N–H and O–H groups in total. The van der Waals surface area contributed by atoms with Gasteiger partial charge >= 0.3 is 7.12 Å². The molecule has 0 bridgehead atoms. The van der Waals surface area contributed by atoms with Crippen molar-refractivity contribution in [3.8, 4) is 5.75 Å². The number of hydrogen-bond acceptors (Lipinski definition) is 3. The van der Waals surface area contributed by atoms with E-state index in [0.717, 1.165) is 17.9 Å². The highest BCUT2D eigenvalue weighted by Gasteiger charge is 2.18. The zero-order chi connectivity index (χ0) is 11.5. The van der Waals surface area contributed by atoms with E-state index in [9.17, 15) is 0 Å². The quantitative estimate of drug-likeness (QED) is 0.739. The summed E-state index contributed by atoms with van der Waals surface area (Å²) < 4.78 is 5.66. The molecule has 86 valence electrons. The molecule has 0 aromatic heterocycles. The topological polar surface area (TPSA) is 49.7 Å². The molecular weight excluding hydrogens is 203 g/mol. The van der Waals surface area contributed by atoms with E-state index in [-0.39, 0.29) is 0 Å². The van der Waals surface area contributed by atoms with Crippen LogP contribution in [0.1, 0.15) is 24.8 Å². The van der Waals surface area contributed by atoms with Gasteiger partial charge in [-0.05, 0) is 48.8 Å². The van der Waals surface area contributed by atoms with Gasteiger partial charge < -0.3 is 14.8 Å². The first kappa shape index (κ1) is 11.5. The Hall–Kier alpha value is -0.995. The van der Waals surface area contributed by atoms with Gasteiger partial charge in [0.15, 0.2) is 0 Å². The smallest absolute Gasteiger partial charge is 0.488 e. The molecule has 1 aliphatic carbocycles. The zero-order valence-corrected chi connectivity index (χ0v) is 9.52. The van der Waals surface area contributed by atoms with E-state index in [2.05, 4.69) is 0 Å². The third-order valence-electron chi connectivity index (χ3n) is 3.23. The fourth-order valence-electron chi connectivity index (χ4n) is 1.90. The summed E-state index contributed by atoms with van der Waals surface area (Å²) in [5.74, 6) is 1.53. The van der Waals surface area contributed by atoms with Crippen molar-refractivity contribution in [1.29, 1.82) is 0 Å². The third-order valence-corrected chi connectivity index (χ3v) is 3.23. The molecule has 16 heavy (non-hydrogen) atoms. The van der Waals surface area contributed by atoms with Crippen LogP contribution in [0.4, 0.5) is 0 Å². The summed E-state index contributed by atoms with van der Waals surface area (Å²) >= 11 is 0. The Morgan fingerprint density at radius 2 is 2.12 bits per heavy atom. The lowest BCUT2D eigenvalue weighted by atomic mass is 9.77. The Bertz CT molecular complexity index is 361. The summed E-state index contributed by atoms with van der Waals surface area (Å²) in [6.07, 6.45) is 3.86. The van der Waals surface area contributed by atoms with Crippen LogP contribution >= 0.6 is 0 Å². The van der Waals surface area contributed by atoms with Gasteiger partial charge in [0.25, 0.3) is 0 Å². The molecule has 0 spiro atoms. The molecular formula is C12H17BO3. The predicted molar refractivity (Wildman–Crippen MR) is 63.8 cm³/mol. The van der Waals surface area contributed by atoms with Crippen LogP contribution in [0.25, 0.3) is 0 Å². The van der Waals surface area contributed by atoms with Crippen LogP contribution in [-0.2, 0) is 0 Å². The summed E-state index contributed by atoms with van der Waals surface area (Å²) in [6, 6.07) is 5.35. The van der Waals surface area contributed by atoms with Crippen LogP contribution in [0.15, 0.2) is 18.2 Å². The van der Waals surface area contributed by atoms with Crippen LogP contribution in [0.5, 0.6) is 5.75 Å². The van der Waals surface area contributed by atoms with E-state index in [1.165, 1.54) is 19.3 Å². The summed E-state index contributed by atoms with van der Waals surface area (Å²) in [5.41, 5.74) is 1.39. The van der Waals surface area contributed by atoms with Gasteiger partial charge in [0.2, 0.25) is 0 Å². The highest BCUT2D eigenvalue weighted by atomic mass is 16.5. The van der Waals surface area contributed by atoms with E-state index in [1.54, 1.807) is 12.1 Å². The maximum atomic E-state index is 9.08. The summed E-state index contributed by atoms with van der Waals surface area (Å²) in [5, 5.41) is 18.2. The van der Waals surface area contributed by atoms with Crippen LogP contribution in [-0.4, -0.2) is 23.8 Å². The van der Waals surface area contributed by atoms with E-state index in [4.69, 9.17) is 14.8 Å². The second kappa shape index (κ2) is 4.89. The molecule has 1 aliphatic rings. The molecule has 3 nitrogen and oxygen atoms in total. The molecule has 0 aliphatic heterocycles. The first-order valence-corrected chi connectivity index (χ1v) is 5.76. The fourth-order valence-corrected chi connectivity index (χ4v) is 1.90. The Kier molecular flexibility index (Phi) is 3.51. The zero-order valence-electron chi connectivity index (χ0n) is 9.52. The van der Waals surface area contributed by atoms with Crippen molar-refractivity contribution in [1.82, 2.24) is 0 Å². The molecule has 2 rings (SSSR count). The van der Waals surface area contributed by atoms with Crippen molar-refractivity contribution < 1.29 is 14.8 Å². The van der Waals surface area contributed by atoms with E-state index in [1.807, 2.05) is 13.0 Å². The van der Waals surface area contributed by atoms with E-state index >= 15 is 0 Å². The maximum Gasteiger partial charge on any atom is 0.488 e. The van der Waals surface area contributed by atoms with Gasteiger partial charge in [-0.15, -0.1) is 0 Å². The van der Waals surface area contributed by atoms with Crippen LogP contribution < -0.4 is 10.2 Å². The summed E-state index contributed by atoms with van der Waals surface area (Å²) in [7, 11) is -1.40. The molecule has 1 fully saturated rings. The second-order valence-electron chi connectivity index (χ2n) is 4.50. The Morgan fingerprint density at radius 3 is 2.62 bits per heavy atom. The minimum Gasteiger partial charge on any atom is -0.493 e. The van der Waals surface area contributed by atoms with Crippen LogP contribution in [0.2, 0.25) is 0 Å². The van der Waals surface area contributed by atoms with Gasteiger partial charge in [0.05, 0.1) is 6.61 Å². The Labute approximate surface area is 96.2 Å². The van der Waals surface area contributed by atoms with Crippen molar-refractivity contribution in [3.63, 3.8) is 0 Å². The standard InChI is InChI=1S/C12H17BO3/c1-9-7-11(5-6-12(9)13(14)15)16-8-10-3-2-4-10/h5-7,10,14-15H,2-4,8H2,1H3. The second-order valence-corrected chi connectivity index (χ2v) is 4.50. The largest absolute Gasteiger partial charge is 0.493 e. The lowest BCUT2D eigenvalue weighted by Gasteiger charge is -2.25. The van der Waals surface area contributed by atoms with Gasteiger partial charge in [-0.1, -0.05) is 12.5 Å². The average Bonchev–Trinajstić information content (AvgIpc) is 2.14. The number of benzene rings is 1. The fraction of sp³-hybridized carbons (Fsp3) is 0.500. The molecule has 1 aromatic carbocycles. The third kappa shape index (κ3) is 2.57.